The van der Waals surface area contributed by atoms with Gasteiger partial charge in [-0.1, -0.05) is 30.3 Å². The average Bonchev–Trinajstić information content (AvgIpc) is 3.29. The van der Waals surface area contributed by atoms with Crippen LogP contribution in [0.25, 0.3) is 28.1 Å². The molecule has 2 aliphatic heterocycles. The van der Waals surface area contributed by atoms with Crippen LogP contribution in [0.4, 0.5) is 16.6 Å². The van der Waals surface area contributed by atoms with Crippen molar-refractivity contribution in [2.75, 3.05) is 30.3 Å². The van der Waals surface area contributed by atoms with Crippen LogP contribution in [0, 0.1) is 5.92 Å². The fourth-order valence-corrected chi connectivity index (χ4v) is 5.75. The van der Waals surface area contributed by atoms with Crippen molar-refractivity contribution < 1.29 is 9.59 Å². The largest absolute Gasteiger partial charge is 0.384 e. The van der Waals surface area contributed by atoms with Crippen molar-refractivity contribution in [3.63, 3.8) is 0 Å². The molecule has 10 nitrogen and oxygen atoms in total. The Balaban J connectivity index is 1.07. The lowest BCUT2D eigenvalue weighted by molar-refractivity contribution is -0.115. The molecule has 0 saturated carbocycles. The lowest BCUT2D eigenvalue weighted by Crippen LogP contribution is -2.38. The number of carbonyl (C=O) groups excluding carboxylic acids is 2. The van der Waals surface area contributed by atoms with Crippen LogP contribution in [-0.4, -0.2) is 50.7 Å². The van der Waals surface area contributed by atoms with Crippen LogP contribution >= 0.6 is 11.8 Å². The minimum Gasteiger partial charge on any atom is -0.384 e. The maximum Gasteiger partial charge on any atom is 0.290 e. The Bertz CT molecular complexity index is 1610. The zero-order chi connectivity index (χ0) is 27.5. The van der Waals surface area contributed by atoms with E-state index in [9.17, 15) is 9.59 Å². The first-order chi connectivity index (χ1) is 19.5. The van der Waals surface area contributed by atoms with E-state index in [0.29, 0.717) is 34.8 Å². The standard InChI is InChI=1S/C29H28N8O2S/c30-25-6-5-20(26(35-25)23-17-32-15-19-3-1-2-4-22(19)23)16-31-14-18-8-11-37(12-9-18)28-33-10-7-21(34-28)13-24-27(38)36-29(39)40-24/h1-7,10,13,15,17-18,31H,8-9,11-12,14,16H2,(H2,30,35)(H,36,38,39). The van der Waals surface area contributed by atoms with Gasteiger partial charge in [-0.2, -0.15) is 0 Å². The number of nitrogens with two attached hydrogens (primary N) is 1. The Morgan fingerprint density at radius 1 is 1.07 bits per heavy atom. The number of carbonyl (C=O) groups is 2. The highest BCUT2D eigenvalue weighted by Crippen LogP contribution is 2.30. The third kappa shape index (κ3) is 5.65. The monoisotopic (exact) mass is 552 g/mol. The van der Waals surface area contributed by atoms with Gasteiger partial charge in [0.2, 0.25) is 5.95 Å². The van der Waals surface area contributed by atoms with Crippen molar-refractivity contribution in [3.05, 3.63) is 77.2 Å². The summed E-state index contributed by atoms with van der Waals surface area (Å²) in [5.41, 5.74) is 9.60. The molecule has 3 aromatic heterocycles. The lowest BCUT2D eigenvalue weighted by atomic mass is 9.96. The van der Waals surface area contributed by atoms with Crippen LogP contribution in [0.2, 0.25) is 0 Å². The minimum atomic E-state index is -0.390. The first kappa shape index (κ1) is 25.9. The van der Waals surface area contributed by atoms with Gasteiger partial charge in [-0.3, -0.25) is 19.9 Å². The number of nitrogens with zero attached hydrogens (tertiary/aromatic N) is 5. The van der Waals surface area contributed by atoms with E-state index >= 15 is 0 Å². The third-order valence-corrected chi connectivity index (χ3v) is 7.97. The molecule has 2 aliphatic rings. The second-order valence-corrected chi connectivity index (χ2v) is 10.9. The Morgan fingerprint density at radius 2 is 1.93 bits per heavy atom. The SMILES string of the molecule is Nc1ccc(CNCC2CCN(c3nccc(C=C4SC(=O)NC4=O)n3)CC2)c(-c2cncc3ccccc23)n1. The summed E-state index contributed by atoms with van der Waals surface area (Å²) >= 11 is 0.884. The topological polar surface area (TPSA) is 139 Å². The molecule has 0 bridgehead atoms. The number of rotatable bonds is 7. The molecule has 4 N–H and O–H groups in total. The fraction of sp³-hybridized carbons (Fsp3) is 0.241. The highest BCUT2D eigenvalue weighted by molar-refractivity contribution is 8.18. The van der Waals surface area contributed by atoms with Gasteiger partial charge in [-0.25, -0.2) is 15.0 Å². The average molecular weight is 553 g/mol. The molecule has 11 heteroatoms. The molecule has 0 unspecified atom stereocenters. The van der Waals surface area contributed by atoms with Crippen molar-refractivity contribution in [2.45, 2.75) is 19.4 Å². The normalized spacial score (nSPS) is 17.1. The zero-order valence-corrected chi connectivity index (χ0v) is 22.5. The summed E-state index contributed by atoms with van der Waals surface area (Å²) in [4.78, 5) is 44.0. The number of aromatic nitrogens is 4. The molecular formula is C29H28N8O2S. The molecule has 4 aromatic rings. The molecule has 0 aliphatic carbocycles. The number of hydrogen-bond donors (Lipinski definition) is 3. The minimum absolute atomic E-state index is 0.343. The van der Waals surface area contributed by atoms with Crippen LogP contribution in [-0.2, 0) is 11.3 Å². The number of hydrogen-bond acceptors (Lipinski definition) is 10. The Labute approximate surface area is 235 Å². The number of piperidine rings is 1. The van der Waals surface area contributed by atoms with Crippen molar-refractivity contribution in [1.82, 2.24) is 30.6 Å². The summed E-state index contributed by atoms with van der Waals surface area (Å²) in [5.74, 6) is 1.26. The number of anilines is 2. The second kappa shape index (κ2) is 11.4. The highest BCUT2D eigenvalue weighted by Gasteiger charge is 2.26. The second-order valence-electron chi connectivity index (χ2n) is 9.85. The summed E-state index contributed by atoms with van der Waals surface area (Å²) < 4.78 is 0. The number of amides is 2. The number of thioether (sulfide) groups is 1. The smallest absolute Gasteiger partial charge is 0.290 e. The van der Waals surface area contributed by atoms with E-state index in [1.54, 1.807) is 18.3 Å². The molecule has 0 spiro atoms. The van der Waals surface area contributed by atoms with E-state index in [0.717, 1.165) is 71.8 Å². The van der Waals surface area contributed by atoms with Crippen LogP contribution in [0.1, 0.15) is 24.1 Å². The first-order valence-electron chi connectivity index (χ1n) is 13.2. The molecule has 2 saturated heterocycles. The van der Waals surface area contributed by atoms with E-state index in [4.69, 9.17) is 5.73 Å². The predicted octanol–water partition coefficient (Wildman–Crippen LogP) is 4.00. The number of fused-ring (bicyclic) bond motifs is 1. The summed E-state index contributed by atoms with van der Waals surface area (Å²) in [6, 6.07) is 13.8. The summed E-state index contributed by atoms with van der Waals surface area (Å²) in [6.07, 6.45) is 9.05. The number of nitrogens with one attached hydrogen (secondary N) is 2. The molecular weight excluding hydrogens is 524 g/mol. The van der Waals surface area contributed by atoms with Crippen molar-refractivity contribution >= 4 is 51.5 Å². The van der Waals surface area contributed by atoms with Gasteiger partial charge < -0.3 is 16.0 Å². The maximum atomic E-state index is 11.9. The Hall–Kier alpha value is -4.35. The lowest BCUT2D eigenvalue weighted by Gasteiger charge is -2.32. The fourth-order valence-electron chi connectivity index (χ4n) is 5.08. The molecule has 1 aromatic carbocycles. The van der Waals surface area contributed by atoms with Gasteiger partial charge in [0.05, 0.1) is 16.3 Å². The van der Waals surface area contributed by atoms with E-state index in [-0.39, 0.29) is 11.1 Å². The molecule has 202 valence electrons. The van der Waals surface area contributed by atoms with Crippen LogP contribution < -0.4 is 21.3 Å². The molecule has 0 atom stereocenters. The number of benzene rings is 1. The third-order valence-electron chi connectivity index (χ3n) is 7.15. The molecule has 2 fully saturated rings. The van der Waals surface area contributed by atoms with E-state index < -0.39 is 0 Å². The van der Waals surface area contributed by atoms with Crippen LogP contribution in [0.5, 0.6) is 0 Å². The number of pyridine rings is 2. The zero-order valence-electron chi connectivity index (χ0n) is 21.7. The first-order valence-corrected chi connectivity index (χ1v) is 14.0. The maximum absolute atomic E-state index is 11.9. The molecule has 2 amide bonds. The Morgan fingerprint density at radius 3 is 2.75 bits per heavy atom. The van der Waals surface area contributed by atoms with Crippen LogP contribution in [0.15, 0.2) is 66.0 Å². The molecule has 0 radical (unpaired) electrons. The van der Waals surface area contributed by atoms with Crippen molar-refractivity contribution in [2.24, 2.45) is 5.92 Å². The predicted molar refractivity (Wildman–Crippen MR) is 157 cm³/mol. The molecule has 5 heterocycles. The van der Waals surface area contributed by atoms with Gasteiger partial charge in [0.15, 0.2) is 0 Å². The molecule has 6 rings (SSSR count). The summed E-state index contributed by atoms with van der Waals surface area (Å²) in [5, 5.41) is 7.70. The van der Waals surface area contributed by atoms with Gasteiger partial charge in [0.25, 0.3) is 11.1 Å². The van der Waals surface area contributed by atoms with Gasteiger partial charge in [-0.15, -0.1) is 0 Å². The Kier molecular flexibility index (Phi) is 7.39. The molecule has 40 heavy (non-hydrogen) atoms. The van der Waals surface area contributed by atoms with E-state index in [1.165, 1.54) is 0 Å². The highest BCUT2D eigenvalue weighted by atomic mass is 32.2. The summed E-state index contributed by atoms with van der Waals surface area (Å²) in [6.45, 7) is 3.26. The van der Waals surface area contributed by atoms with Crippen molar-refractivity contribution in [3.8, 4) is 11.3 Å². The van der Waals surface area contributed by atoms with Gasteiger partial charge in [-0.05, 0) is 66.2 Å². The summed E-state index contributed by atoms with van der Waals surface area (Å²) in [7, 11) is 0. The van der Waals surface area contributed by atoms with Crippen molar-refractivity contribution in [1.29, 1.82) is 0 Å². The van der Waals surface area contributed by atoms with E-state index in [2.05, 4.69) is 47.6 Å². The van der Waals surface area contributed by atoms with E-state index in [1.807, 2.05) is 36.7 Å². The number of imide groups is 1. The quantitative estimate of drug-likeness (QED) is 0.288. The van der Waals surface area contributed by atoms with Crippen LogP contribution in [0.3, 0.4) is 0 Å². The van der Waals surface area contributed by atoms with Gasteiger partial charge in [0.1, 0.15) is 5.82 Å². The number of nitrogen functional groups attached to an aromatic ring is 1. The van der Waals surface area contributed by atoms with Gasteiger partial charge in [0, 0.05) is 49.2 Å². The van der Waals surface area contributed by atoms with Gasteiger partial charge >= 0.3 is 0 Å².